The van der Waals surface area contributed by atoms with Crippen molar-refractivity contribution in [2.45, 2.75) is 64.1 Å². The fourth-order valence-electron chi connectivity index (χ4n) is 5.10. The number of furan rings is 1. The molecule has 5 heteroatoms. The average molecular weight is 336 g/mol. The molecule has 4 saturated heterocycles. The normalized spacial score (nSPS) is 49.5. The van der Waals surface area contributed by atoms with Crippen LogP contribution >= 0.6 is 0 Å². The van der Waals surface area contributed by atoms with Crippen molar-refractivity contribution < 1.29 is 23.7 Å². The first-order valence-corrected chi connectivity index (χ1v) is 9.18. The molecule has 1 aliphatic carbocycles. The van der Waals surface area contributed by atoms with Crippen molar-refractivity contribution in [3.8, 4) is 0 Å². The lowest BCUT2D eigenvalue weighted by Crippen LogP contribution is -2.68. The van der Waals surface area contributed by atoms with E-state index in [4.69, 9.17) is 19.2 Å². The maximum atomic E-state index is 6.16. The lowest BCUT2D eigenvalue weighted by Gasteiger charge is -2.58. The third-order valence-corrected chi connectivity index (χ3v) is 6.40. The molecule has 1 spiro atoms. The molecule has 0 amide bonds. The number of hydrogen-bond acceptors (Lipinski definition) is 5. The SMILES string of the molecule is C[C@@H]1CC[C@H]2[C@@H](C)CO[C@@H]3O[C@@]4(C)CC[C@@H]1[C@]32OO4.c1ccoc1. The van der Waals surface area contributed by atoms with Gasteiger partial charge in [0.25, 0.3) is 0 Å². The van der Waals surface area contributed by atoms with Gasteiger partial charge in [0, 0.05) is 12.3 Å². The van der Waals surface area contributed by atoms with Crippen molar-refractivity contribution in [3.63, 3.8) is 0 Å². The first-order chi connectivity index (χ1) is 11.6. The second-order valence-corrected chi connectivity index (χ2v) is 8.01. The lowest BCUT2D eigenvalue weighted by atomic mass is 9.58. The third-order valence-electron chi connectivity index (χ3n) is 6.40. The van der Waals surface area contributed by atoms with Gasteiger partial charge in [-0.1, -0.05) is 13.8 Å². The molecule has 5 nitrogen and oxygen atoms in total. The van der Waals surface area contributed by atoms with Crippen LogP contribution < -0.4 is 0 Å². The first kappa shape index (κ1) is 16.6. The van der Waals surface area contributed by atoms with E-state index in [0.717, 1.165) is 19.4 Å². The Hall–Kier alpha value is -0.880. The van der Waals surface area contributed by atoms with Gasteiger partial charge >= 0.3 is 0 Å². The van der Waals surface area contributed by atoms with Crippen molar-refractivity contribution in [3.05, 3.63) is 24.7 Å². The smallest absolute Gasteiger partial charge is 0.201 e. The van der Waals surface area contributed by atoms with E-state index in [1.807, 2.05) is 19.1 Å². The molecule has 1 aromatic rings. The molecule has 1 saturated carbocycles. The summed E-state index contributed by atoms with van der Waals surface area (Å²) in [6.45, 7) is 7.36. The minimum atomic E-state index is -0.627. The highest BCUT2D eigenvalue weighted by atomic mass is 17.3. The lowest BCUT2D eigenvalue weighted by molar-refractivity contribution is -0.566. The van der Waals surface area contributed by atoms with Crippen LogP contribution in [0.1, 0.15) is 46.5 Å². The van der Waals surface area contributed by atoms with Gasteiger partial charge in [0.05, 0.1) is 19.1 Å². The highest BCUT2D eigenvalue weighted by molar-refractivity contribution is 5.08. The molecule has 134 valence electrons. The Bertz CT molecular complexity index is 529. The summed E-state index contributed by atoms with van der Waals surface area (Å²) in [6, 6.07) is 3.67. The summed E-state index contributed by atoms with van der Waals surface area (Å²) < 4.78 is 16.8. The average Bonchev–Trinajstić information content (AvgIpc) is 3.07. The van der Waals surface area contributed by atoms with Gasteiger partial charge in [0.15, 0.2) is 11.9 Å². The monoisotopic (exact) mass is 336 g/mol. The predicted molar refractivity (Wildman–Crippen MR) is 86.6 cm³/mol. The number of rotatable bonds is 0. The van der Waals surface area contributed by atoms with Crippen LogP contribution in [0, 0.1) is 23.7 Å². The Labute approximate surface area is 143 Å². The maximum Gasteiger partial charge on any atom is 0.201 e. The topological polar surface area (TPSA) is 50.1 Å². The van der Waals surface area contributed by atoms with Crippen LogP contribution in [0.5, 0.6) is 0 Å². The van der Waals surface area contributed by atoms with E-state index < -0.39 is 5.79 Å². The van der Waals surface area contributed by atoms with Gasteiger partial charge in [-0.2, -0.15) is 0 Å². The van der Waals surface area contributed by atoms with E-state index in [2.05, 4.69) is 18.3 Å². The van der Waals surface area contributed by atoms with E-state index in [1.54, 1.807) is 12.5 Å². The largest absolute Gasteiger partial charge is 0.473 e. The molecule has 0 radical (unpaired) electrons. The van der Waals surface area contributed by atoms with Crippen molar-refractivity contribution in [2.75, 3.05) is 6.61 Å². The molecule has 0 aromatic carbocycles. The minimum absolute atomic E-state index is 0.248. The van der Waals surface area contributed by atoms with Crippen molar-refractivity contribution in [2.24, 2.45) is 23.7 Å². The van der Waals surface area contributed by atoms with E-state index in [9.17, 15) is 0 Å². The summed E-state index contributed by atoms with van der Waals surface area (Å²) in [7, 11) is 0. The molecule has 1 aromatic heterocycles. The van der Waals surface area contributed by atoms with Gasteiger partial charge in [0.1, 0.15) is 0 Å². The Morgan fingerprint density at radius 3 is 2.38 bits per heavy atom. The highest BCUT2D eigenvalue weighted by Gasteiger charge is 2.67. The zero-order valence-corrected chi connectivity index (χ0v) is 14.8. The Morgan fingerprint density at radius 2 is 1.67 bits per heavy atom. The van der Waals surface area contributed by atoms with E-state index in [0.29, 0.717) is 23.7 Å². The van der Waals surface area contributed by atoms with Crippen LogP contribution in [0.15, 0.2) is 29.1 Å². The Balaban J connectivity index is 0.000000252. The van der Waals surface area contributed by atoms with Gasteiger partial charge < -0.3 is 13.9 Å². The maximum absolute atomic E-state index is 6.16. The molecule has 5 heterocycles. The molecule has 5 aliphatic rings. The van der Waals surface area contributed by atoms with Crippen LogP contribution in [0.3, 0.4) is 0 Å². The molecule has 7 atom stereocenters. The van der Waals surface area contributed by atoms with Crippen molar-refractivity contribution in [1.29, 1.82) is 0 Å². The summed E-state index contributed by atoms with van der Waals surface area (Å²) in [4.78, 5) is 11.7. The minimum Gasteiger partial charge on any atom is -0.473 e. The number of hydrogen-bond donors (Lipinski definition) is 0. The highest BCUT2D eigenvalue weighted by Crippen LogP contribution is 2.59. The van der Waals surface area contributed by atoms with Gasteiger partial charge in [-0.25, -0.2) is 9.78 Å². The first-order valence-electron chi connectivity index (χ1n) is 9.18. The zero-order valence-electron chi connectivity index (χ0n) is 14.8. The molecule has 4 aliphatic heterocycles. The Morgan fingerprint density at radius 1 is 0.917 bits per heavy atom. The summed E-state index contributed by atoms with van der Waals surface area (Å²) >= 11 is 0. The summed E-state index contributed by atoms with van der Waals surface area (Å²) in [5, 5.41) is 0. The Kier molecular flexibility index (Phi) is 4.23. The molecule has 24 heavy (non-hydrogen) atoms. The van der Waals surface area contributed by atoms with E-state index >= 15 is 0 Å². The van der Waals surface area contributed by atoms with Gasteiger partial charge in [-0.05, 0) is 56.1 Å². The molecular weight excluding hydrogens is 308 g/mol. The van der Waals surface area contributed by atoms with Crippen LogP contribution in [-0.4, -0.2) is 24.3 Å². The van der Waals surface area contributed by atoms with Gasteiger partial charge in [0.2, 0.25) is 5.79 Å². The van der Waals surface area contributed by atoms with Crippen LogP contribution in [0.2, 0.25) is 0 Å². The molecule has 2 bridgehead atoms. The second-order valence-electron chi connectivity index (χ2n) is 8.01. The summed E-state index contributed by atoms with van der Waals surface area (Å²) in [6.07, 6.45) is 7.49. The van der Waals surface area contributed by atoms with Crippen molar-refractivity contribution in [1.82, 2.24) is 0 Å². The fraction of sp³-hybridized carbons (Fsp3) is 0.789. The molecule has 0 unspecified atom stereocenters. The van der Waals surface area contributed by atoms with Crippen LogP contribution in [0.25, 0.3) is 0 Å². The van der Waals surface area contributed by atoms with Crippen LogP contribution in [-0.2, 0) is 19.2 Å². The van der Waals surface area contributed by atoms with E-state index in [1.165, 1.54) is 12.8 Å². The number of fused-ring (bicyclic) bond motifs is 2. The quantitative estimate of drug-likeness (QED) is 0.666. The molecule has 0 N–H and O–H groups in total. The summed E-state index contributed by atoms with van der Waals surface area (Å²) in [5.41, 5.74) is -0.370. The van der Waals surface area contributed by atoms with Crippen molar-refractivity contribution >= 4 is 0 Å². The van der Waals surface area contributed by atoms with Gasteiger partial charge in [-0.15, -0.1) is 0 Å². The fourth-order valence-corrected chi connectivity index (χ4v) is 5.10. The zero-order chi connectivity index (χ0) is 16.8. The standard InChI is InChI=1S/C15H24O4.C4H4O/c1-9-4-5-11-10(2)8-16-13-15(11)12(9)6-7-14(3,17-13)18-19-15;1-2-4-5-3-1/h9-13H,4-8H2,1-3H3;1-4H/t9-,10+,11+,12+,13-,14-,15+;/m1./s1. The van der Waals surface area contributed by atoms with Gasteiger partial charge in [-0.3, -0.25) is 0 Å². The molecule has 6 rings (SSSR count). The second kappa shape index (κ2) is 6.13. The molecular formula is C19H28O5. The molecule has 5 fully saturated rings. The van der Waals surface area contributed by atoms with E-state index in [-0.39, 0.29) is 11.9 Å². The number of ether oxygens (including phenoxy) is 2. The third kappa shape index (κ3) is 2.53. The van der Waals surface area contributed by atoms with Crippen LogP contribution in [0.4, 0.5) is 0 Å². The predicted octanol–water partition coefficient (Wildman–Crippen LogP) is 4.15. The summed E-state index contributed by atoms with van der Waals surface area (Å²) in [5.74, 6) is 1.53.